The van der Waals surface area contributed by atoms with Crippen LogP contribution < -0.4 is 4.90 Å². The fourth-order valence-electron chi connectivity index (χ4n) is 2.05. The Hall–Kier alpha value is -2.47. The maximum Gasteiger partial charge on any atom is 0.298 e. The van der Waals surface area contributed by atoms with Gasteiger partial charge in [-0.3, -0.25) is 9.59 Å². The van der Waals surface area contributed by atoms with Crippen molar-refractivity contribution in [2.75, 3.05) is 4.90 Å². The first-order valence-electron chi connectivity index (χ1n) is 6.24. The molecule has 1 aromatic carbocycles. The average Bonchev–Trinajstić information content (AvgIpc) is 2.97. The summed E-state index contributed by atoms with van der Waals surface area (Å²) in [7, 11) is 1.87. The number of rotatable bonds is 2. The van der Waals surface area contributed by atoms with E-state index in [1.165, 1.54) is 24.3 Å². The molecule has 3 rings (SSSR count). The molecule has 1 N–H and O–H groups in total. The number of hydrogen-bond acceptors (Lipinski definition) is 4. The summed E-state index contributed by atoms with van der Waals surface area (Å²) in [6.07, 6.45) is 3.57. The van der Waals surface area contributed by atoms with Crippen molar-refractivity contribution in [1.82, 2.24) is 4.57 Å². The lowest BCUT2D eigenvalue weighted by Gasteiger charge is -2.12. The summed E-state index contributed by atoms with van der Waals surface area (Å²) in [6.45, 7) is 0. The highest BCUT2D eigenvalue weighted by Gasteiger charge is 2.36. The number of amides is 2. The van der Waals surface area contributed by atoms with Crippen molar-refractivity contribution >= 4 is 34.7 Å². The second-order valence-corrected chi connectivity index (χ2v) is 5.57. The number of imide groups is 1. The van der Waals surface area contributed by atoms with E-state index >= 15 is 0 Å². The van der Waals surface area contributed by atoms with E-state index in [0.717, 1.165) is 22.4 Å². The van der Waals surface area contributed by atoms with Gasteiger partial charge in [-0.1, -0.05) is 0 Å². The number of anilines is 1. The van der Waals surface area contributed by atoms with E-state index < -0.39 is 0 Å². The lowest BCUT2D eigenvalue weighted by Crippen LogP contribution is -2.27. The summed E-state index contributed by atoms with van der Waals surface area (Å²) in [4.78, 5) is 25.9. The monoisotopic (exact) mass is 300 g/mol. The molecule has 1 aliphatic rings. The number of phenolic OH excluding ortho intramolecular Hbond substituents is 1. The molecule has 5 nitrogen and oxygen atoms in total. The standard InChI is InChI=1S/C15H12N2O3S/c1-16-8-2-3-11(16)9-13-14(19)17(15(20)21-13)10-4-6-12(18)7-5-10/h2-9,18H,1H3/b13-9-. The maximum atomic E-state index is 12.4. The Kier molecular flexibility index (Phi) is 3.31. The Bertz CT molecular complexity index is 747. The third-order valence-electron chi connectivity index (χ3n) is 3.16. The molecule has 2 amide bonds. The number of aromatic nitrogens is 1. The first kappa shape index (κ1) is 13.5. The zero-order valence-electron chi connectivity index (χ0n) is 11.2. The van der Waals surface area contributed by atoms with Crippen molar-refractivity contribution in [3.8, 4) is 5.75 Å². The smallest absolute Gasteiger partial charge is 0.298 e. The van der Waals surface area contributed by atoms with Gasteiger partial charge in [-0.15, -0.1) is 0 Å². The van der Waals surface area contributed by atoms with Crippen LogP contribution in [-0.4, -0.2) is 20.8 Å². The SMILES string of the molecule is Cn1cccc1/C=C1\SC(=O)N(c2ccc(O)cc2)C1=O. The van der Waals surface area contributed by atoms with Gasteiger partial charge in [0.15, 0.2) is 0 Å². The predicted molar refractivity (Wildman–Crippen MR) is 82.0 cm³/mol. The van der Waals surface area contributed by atoms with Gasteiger partial charge in [-0.2, -0.15) is 0 Å². The van der Waals surface area contributed by atoms with E-state index in [1.807, 2.05) is 29.9 Å². The lowest BCUT2D eigenvalue weighted by molar-refractivity contribution is -0.113. The Morgan fingerprint density at radius 3 is 2.48 bits per heavy atom. The third-order valence-corrected chi connectivity index (χ3v) is 4.03. The van der Waals surface area contributed by atoms with E-state index in [4.69, 9.17) is 0 Å². The highest BCUT2D eigenvalue weighted by atomic mass is 32.2. The molecule has 0 bridgehead atoms. The van der Waals surface area contributed by atoms with E-state index in [0.29, 0.717) is 10.6 Å². The van der Waals surface area contributed by atoms with Gasteiger partial charge < -0.3 is 9.67 Å². The molecule has 1 aromatic heterocycles. The zero-order chi connectivity index (χ0) is 15.0. The normalized spacial score (nSPS) is 17.0. The maximum absolute atomic E-state index is 12.4. The minimum atomic E-state index is -0.350. The molecular formula is C15H12N2O3S. The summed E-state index contributed by atoms with van der Waals surface area (Å²) in [6, 6.07) is 9.71. The number of benzene rings is 1. The number of aryl methyl sites for hydroxylation is 1. The van der Waals surface area contributed by atoms with Gasteiger partial charge in [0, 0.05) is 18.9 Å². The van der Waals surface area contributed by atoms with Crippen molar-refractivity contribution in [3.63, 3.8) is 0 Å². The van der Waals surface area contributed by atoms with Gasteiger partial charge in [-0.25, -0.2) is 4.90 Å². The molecular weight excluding hydrogens is 288 g/mol. The van der Waals surface area contributed by atoms with Gasteiger partial charge in [0.2, 0.25) is 0 Å². The average molecular weight is 300 g/mol. The third kappa shape index (κ3) is 2.45. The Morgan fingerprint density at radius 2 is 1.86 bits per heavy atom. The van der Waals surface area contributed by atoms with Crippen LogP contribution in [-0.2, 0) is 11.8 Å². The molecule has 2 heterocycles. The Balaban J connectivity index is 1.94. The second kappa shape index (κ2) is 5.14. The molecule has 1 saturated heterocycles. The largest absolute Gasteiger partial charge is 0.508 e. The molecule has 0 radical (unpaired) electrons. The Labute approximate surface area is 125 Å². The predicted octanol–water partition coefficient (Wildman–Crippen LogP) is 2.97. The van der Waals surface area contributed by atoms with Crippen LogP contribution in [0.2, 0.25) is 0 Å². The molecule has 6 heteroatoms. The van der Waals surface area contributed by atoms with Crippen LogP contribution in [0.4, 0.5) is 10.5 Å². The highest BCUT2D eigenvalue weighted by molar-refractivity contribution is 8.19. The van der Waals surface area contributed by atoms with E-state index in [-0.39, 0.29) is 16.9 Å². The Morgan fingerprint density at radius 1 is 1.14 bits per heavy atom. The van der Waals surface area contributed by atoms with Crippen molar-refractivity contribution in [2.24, 2.45) is 7.05 Å². The summed E-state index contributed by atoms with van der Waals surface area (Å²) in [5, 5.41) is 8.94. The molecule has 0 unspecified atom stereocenters. The van der Waals surface area contributed by atoms with Crippen LogP contribution in [0.25, 0.3) is 6.08 Å². The minimum Gasteiger partial charge on any atom is -0.508 e. The van der Waals surface area contributed by atoms with E-state index in [9.17, 15) is 14.7 Å². The van der Waals surface area contributed by atoms with E-state index in [2.05, 4.69) is 0 Å². The fourth-order valence-corrected chi connectivity index (χ4v) is 2.88. The van der Waals surface area contributed by atoms with Crippen molar-refractivity contribution in [3.05, 3.63) is 53.2 Å². The molecule has 0 saturated carbocycles. The molecule has 2 aromatic rings. The van der Waals surface area contributed by atoms with Gasteiger partial charge in [0.25, 0.3) is 11.1 Å². The molecule has 0 spiro atoms. The number of carbonyl (C=O) groups excluding carboxylic acids is 2. The van der Waals surface area contributed by atoms with Crippen LogP contribution in [0.5, 0.6) is 5.75 Å². The number of phenols is 1. The van der Waals surface area contributed by atoms with Gasteiger partial charge in [-0.05, 0) is 54.2 Å². The summed E-state index contributed by atoms with van der Waals surface area (Å²) < 4.78 is 1.87. The van der Waals surface area contributed by atoms with E-state index in [1.54, 1.807) is 6.08 Å². The molecule has 1 fully saturated rings. The summed E-state index contributed by atoms with van der Waals surface area (Å²) in [5.74, 6) is -0.262. The molecule has 0 atom stereocenters. The first-order valence-corrected chi connectivity index (χ1v) is 7.06. The van der Waals surface area contributed by atoms with Gasteiger partial charge in [0.1, 0.15) is 5.75 Å². The number of thioether (sulfide) groups is 1. The van der Waals surface area contributed by atoms with Crippen LogP contribution >= 0.6 is 11.8 Å². The molecule has 106 valence electrons. The number of aromatic hydroxyl groups is 1. The van der Waals surface area contributed by atoms with Crippen molar-refractivity contribution in [2.45, 2.75) is 0 Å². The van der Waals surface area contributed by atoms with Crippen LogP contribution in [0.15, 0.2) is 47.5 Å². The first-order chi connectivity index (χ1) is 10.1. The molecule has 0 aliphatic carbocycles. The lowest BCUT2D eigenvalue weighted by atomic mass is 10.2. The van der Waals surface area contributed by atoms with Crippen molar-refractivity contribution in [1.29, 1.82) is 0 Å². The molecule has 21 heavy (non-hydrogen) atoms. The van der Waals surface area contributed by atoms with Crippen molar-refractivity contribution < 1.29 is 14.7 Å². The summed E-state index contributed by atoms with van der Waals surface area (Å²) >= 11 is 0.910. The quantitative estimate of drug-likeness (QED) is 0.866. The number of hydrogen-bond donors (Lipinski definition) is 1. The highest BCUT2D eigenvalue weighted by Crippen LogP contribution is 2.36. The topological polar surface area (TPSA) is 62.5 Å². The van der Waals surface area contributed by atoms with Gasteiger partial charge >= 0.3 is 0 Å². The van der Waals surface area contributed by atoms with Crippen LogP contribution in [0, 0.1) is 0 Å². The molecule has 1 aliphatic heterocycles. The summed E-state index contributed by atoms with van der Waals surface area (Å²) in [5.41, 5.74) is 1.30. The van der Waals surface area contributed by atoms with Crippen LogP contribution in [0.3, 0.4) is 0 Å². The number of carbonyl (C=O) groups is 2. The number of nitrogens with zero attached hydrogens (tertiary/aromatic N) is 2. The second-order valence-electron chi connectivity index (χ2n) is 4.58. The zero-order valence-corrected chi connectivity index (χ0v) is 12.0. The fraction of sp³-hybridized carbons (Fsp3) is 0.0667. The minimum absolute atomic E-state index is 0.0880. The van der Waals surface area contributed by atoms with Gasteiger partial charge in [0.05, 0.1) is 10.6 Å². The van der Waals surface area contributed by atoms with Crippen LogP contribution in [0.1, 0.15) is 5.69 Å².